The number of thioether (sulfide) groups is 1. The van der Waals surface area contributed by atoms with E-state index in [-0.39, 0.29) is 11.3 Å². The Hall–Kier alpha value is -1.67. The van der Waals surface area contributed by atoms with E-state index < -0.39 is 10.8 Å². The van der Waals surface area contributed by atoms with Crippen molar-refractivity contribution >= 4 is 23.4 Å². The lowest BCUT2D eigenvalue weighted by atomic mass is 10.2. The van der Waals surface area contributed by atoms with Crippen LogP contribution in [0.5, 0.6) is 0 Å². The quantitative estimate of drug-likeness (QED) is 0.464. The number of carbonyl (C=O) groups is 1. The zero-order valence-corrected chi connectivity index (χ0v) is 10.9. The van der Waals surface area contributed by atoms with Crippen LogP contribution >= 0.6 is 11.8 Å². The van der Waals surface area contributed by atoms with Crippen molar-refractivity contribution in [1.29, 1.82) is 0 Å². The molecule has 1 aromatic rings. The highest BCUT2D eigenvalue weighted by Gasteiger charge is 2.16. The minimum Gasteiger partial charge on any atom is -0.366 e. The van der Waals surface area contributed by atoms with Gasteiger partial charge in [-0.2, -0.15) is 0 Å². The lowest BCUT2D eigenvalue weighted by Gasteiger charge is -2.09. The number of pyridine rings is 1. The molecule has 0 aromatic carbocycles. The van der Waals surface area contributed by atoms with Crippen molar-refractivity contribution in [2.75, 3.05) is 26.4 Å². The highest BCUT2D eigenvalue weighted by atomic mass is 32.2. The molecule has 8 heteroatoms. The second-order valence-corrected chi connectivity index (χ2v) is 4.90. The van der Waals surface area contributed by atoms with Crippen molar-refractivity contribution in [3.8, 4) is 0 Å². The molecular weight excluding hydrogens is 256 g/mol. The Balaban J connectivity index is 2.90. The Morgan fingerprint density at radius 1 is 1.61 bits per heavy atom. The van der Waals surface area contributed by atoms with Crippen LogP contribution in [-0.4, -0.2) is 47.1 Å². The molecule has 98 valence electrons. The molecular formula is C10H14N4O3S. The topological polar surface area (TPSA) is 102 Å². The standard InChI is InChI=1S/C10H14N4O3S/c1-13(2)3-4-18-10-8(9(11)15)5-7(6-12-10)14(16)17/h5-6H,3-4H2,1-2H3,(H2,11,15). The third kappa shape index (κ3) is 3.97. The summed E-state index contributed by atoms with van der Waals surface area (Å²) in [5, 5.41) is 11.0. The molecule has 0 fully saturated rings. The maximum Gasteiger partial charge on any atom is 0.288 e. The largest absolute Gasteiger partial charge is 0.366 e. The monoisotopic (exact) mass is 270 g/mol. The van der Waals surface area contributed by atoms with Gasteiger partial charge < -0.3 is 10.6 Å². The lowest BCUT2D eigenvalue weighted by molar-refractivity contribution is -0.385. The number of nitro groups is 1. The van der Waals surface area contributed by atoms with Crippen molar-refractivity contribution in [3.05, 3.63) is 27.9 Å². The summed E-state index contributed by atoms with van der Waals surface area (Å²) in [6.07, 6.45) is 1.13. The summed E-state index contributed by atoms with van der Waals surface area (Å²) in [5.74, 6) is 0.0107. The fourth-order valence-corrected chi connectivity index (χ4v) is 2.25. The van der Waals surface area contributed by atoms with E-state index in [4.69, 9.17) is 5.73 Å². The van der Waals surface area contributed by atoms with Crippen molar-refractivity contribution in [1.82, 2.24) is 9.88 Å². The lowest BCUT2D eigenvalue weighted by Crippen LogP contribution is -2.16. The number of carbonyl (C=O) groups excluding carboxylic acids is 1. The Bertz CT molecular complexity index is 464. The maximum absolute atomic E-state index is 11.2. The first-order valence-electron chi connectivity index (χ1n) is 5.13. The number of rotatable bonds is 6. The van der Waals surface area contributed by atoms with Crippen LogP contribution in [-0.2, 0) is 0 Å². The Labute approximate surface area is 109 Å². The van der Waals surface area contributed by atoms with Gasteiger partial charge in [-0.25, -0.2) is 4.98 Å². The maximum atomic E-state index is 11.2. The van der Waals surface area contributed by atoms with Gasteiger partial charge in [0, 0.05) is 18.4 Å². The second kappa shape index (κ2) is 6.31. The summed E-state index contributed by atoms with van der Waals surface area (Å²) < 4.78 is 0. The third-order valence-corrected chi connectivity index (χ3v) is 3.08. The molecule has 0 bridgehead atoms. The third-order valence-electron chi connectivity index (χ3n) is 2.09. The van der Waals surface area contributed by atoms with Crippen LogP contribution < -0.4 is 5.73 Å². The summed E-state index contributed by atoms with van der Waals surface area (Å²) in [5.41, 5.74) is 5.05. The van der Waals surface area contributed by atoms with Crippen LogP contribution in [0.15, 0.2) is 17.3 Å². The van der Waals surface area contributed by atoms with Crippen LogP contribution in [0, 0.1) is 10.1 Å². The van der Waals surface area contributed by atoms with E-state index in [0.29, 0.717) is 5.03 Å². The average Bonchev–Trinajstić information content (AvgIpc) is 2.28. The zero-order chi connectivity index (χ0) is 13.7. The highest BCUT2D eigenvalue weighted by Crippen LogP contribution is 2.23. The number of primary amides is 1. The summed E-state index contributed by atoms with van der Waals surface area (Å²) in [6.45, 7) is 0.807. The van der Waals surface area contributed by atoms with E-state index in [1.165, 1.54) is 11.8 Å². The van der Waals surface area contributed by atoms with Crippen molar-refractivity contribution in [3.63, 3.8) is 0 Å². The van der Waals surface area contributed by atoms with Crippen LogP contribution in [0.2, 0.25) is 0 Å². The summed E-state index contributed by atoms with van der Waals surface area (Å²) in [7, 11) is 3.86. The Kier molecular flexibility index (Phi) is 5.05. The van der Waals surface area contributed by atoms with E-state index in [1.54, 1.807) is 0 Å². The molecule has 1 rings (SSSR count). The molecule has 0 saturated carbocycles. The first kappa shape index (κ1) is 14.4. The number of hydrogen-bond donors (Lipinski definition) is 1. The number of aromatic nitrogens is 1. The van der Waals surface area contributed by atoms with E-state index in [1.807, 2.05) is 19.0 Å². The van der Waals surface area contributed by atoms with E-state index in [0.717, 1.165) is 24.6 Å². The van der Waals surface area contributed by atoms with Crippen molar-refractivity contribution < 1.29 is 9.72 Å². The molecule has 0 aliphatic carbocycles. The number of nitrogens with zero attached hydrogens (tertiary/aromatic N) is 3. The number of hydrogen-bond acceptors (Lipinski definition) is 6. The van der Waals surface area contributed by atoms with E-state index >= 15 is 0 Å². The van der Waals surface area contributed by atoms with Gasteiger partial charge in [-0.1, -0.05) is 0 Å². The van der Waals surface area contributed by atoms with Gasteiger partial charge in [0.2, 0.25) is 0 Å². The molecule has 2 N–H and O–H groups in total. The smallest absolute Gasteiger partial charge is 0.288 e. The zero-order valence-electron chi connectivity index (χ0n) is 10.1. The van der Waals surface area contributed by atoms with E-state index in [2.05, 4.69) is 4.98 Å². The van der Waals surface area contributed by atoms with Gasteiger partial charge in [-0.05, 0) is 14.1 Å². The molecule has 0 aliphatic rings. The van der Waals surface area contributed by atoms with Gasteiger partial charge in [0.05, 0.1) is 10.5 Å². The minimum atomic E-state index is -0.710. The molecule has 0 radical (unpaired) electrons. The van der Waals surface area contributed by atoms with Crippen LogP contribution in [0.25, 0.3) is 0 Å². The molecule has 0 atom stereocenters. The second-order valence-electron chi connectivity index (χ2n) is 3.82. The summed E-state index contributed by atoms with van der Waals surface area (Å²) >= 11 is 1.35. The number of nitrogens with two attached hydrogens (primary N) is 1. The molecule has 1 heterocycles. The fourth-order valence-electron chi connectivity index (χ4n) is 1.16. The van der Waals surface area contributed by atoms with Crippen molar-refractivity contribution in [2.45, 2.75) is 5.03 Å². The SMILES string of the molecule is CN(C)CCSc1ncc([N+](=O)[O-])cc1C(N)=O. The molecule has 7 nitrogen and oxygen atoms in total. The van der Waals surface area contributed by atoms with Gasteiger partial charge in [-0.15, -0.1) is 11.8 Å². The summed E-state index contributed by atoms with van der Waals surface area (Å²) in [4.78, 5) is 27.1. The molecule has 1 amide bonds. The van der Waals surface area contributed by atoms with Gasteiger partial charge in [0.1, 0.15) is 11.2 Å². The normalized spacial score (nSPS) is 10.6. The van der Waals surface area contributed by atoms with Crippen LogP contribution in [0.4, 0.5) is 5.69 Å². The molecule has 0 spiro atoms. The average molecular weight is 270 g/mol. The van der Waals surface area contributed by atoms with E-state index in [9.17, 15) is 14.9 Å². The first-order chi connectivity index (χ1) is 8.41. The van der Waals surface area contributed by atoms with Gasteiger partial charge in [0.15, 0.2) is 0 Å². The van der Waals surface area contributed by atoms with Crippen LogP contribution in [0.3, 0.4) is 0 Å². The predicted octanol–water partition coefficient (Wildman–Crippen LogP) is 0.742. The van der Waals surface area contributed by atoms with Gasteiger partial charge in [0.25, 0.3) is 11.6 Å². The highest BCUT2D eigenvalue weighted by molar-refractivity contribution is 7.99. The molecule has 0 aliphatic heterocycles. The molecule has 0 saturated heterocycles. The first-order valence-corrected chi connectivity index (χ1v) is 6.12. The molecule has 0 unspecified atom stereocenters. The van der Waals surface area contributed by atoms with Gasteiger partial charge in [-0.3, -0.25) is 14.9 Å². The fraction of sp³-hybridized carbons (Fsp3) is 0.400. The predicted molar refractivity (Wildman–Crippen MR) is 68.7 cm³/mol. The van der Waals surface area contributed by atoms with Gasteiger partial charge >= 0.3 is 0 Å². The Morgan fingerprint density at radius 3 is 2.78 bits per heavy atom. The number of amides is 1. The summed E-state index contributed by atoms with van der Waals surface area (Å²) in [6, 6.07) is 1.16. The minimum absolute atomic E-state index is 0.0907. The molecule has 18 heavy (non-hydrogen) atoms. The Morgan fingerprint density at radius 2 is 2.28 bits per heavy atom. The molecule has 1 aromatic heterocycles. The van der Waals surface area contributed by atoms with Crippen molar-refractivity contribution in [2.24, 2.45) is 5.73 Å². The van der Waals surface area contributed by atoms with Crippen LogP contribution in [0.1, 0.15) is 10.4 Å².